The highest BCUT2D eigenvalue weighted by atomic mass is 35.5. The van der Waals surface area contributed by atoms with Gasteiger partial charge in [0.1, 0.15) is 0 Å². The summed E-state index contributed by atoms with van der Waals surface area (Å²) < 4.78 is 38.8. The Morgan fingerprint density at radius 3 is 2.71 bits per heavy atom. The minimum Gasteiger partial charge on any atom is -0.382 e. The predicted octanol–water partition coefficient (Wildman–Crippen LogP) is 3.46. The second-order valence-electron chi connectivity index (χ2n) is 6.10. The number of aromatic nitrogens is 1. The Hall–Kier alpha value is -1.73. The number of aliphatic hydroxyl groups excluding tert-OH is 1. The standard InChI is InChI=1S/C16H16ClF3N2O2/c1-8-2-5-13(15(24)16(18,19)20)22(8)9-3-4-12-10(6-9)11(17)7-14(23)21-12/h3-4,6-8,13,15,24H,2,5H2,1H3,(H,21,23)/t8-,13-,15+/m1/s1. The Bertz CT molecular complexity index is 821. The average Bonchev–Trinajstić information content (AvgIpc) is 2.86. The number of fused-ring (bicyclic) bond motifs is 1. The number of halogens is 4. The molecule has 4 nitrogen and oxygen atoms in total. The van der Waals surface area contributed by atoms with Crippen molar-refractivity contribution in [3.8, 4) is 0 Å². The fourth-order valence-electron chi connectivity index (χ4n) is 3.35. The monoisotopic (exact) mass is 360 g/mol. The molecule has 3 atom stereocenters. The highest BCUT2D eigenvalue weighted by Gasteiger charge is 2.48. The van der Waals surface area contributed by atoms with Crippen molar-refractivity contribution >= 4 is 28.2 Å². The first-order valence-electron chi connectivity index (χ1n) is 7.54. The molecule has 1 fully saturated rings. The van der Waals surface area contributed by atoms with Crippen LogP contribution in [0.3, 0.4) is 0 Å². The molecule has 130 valence electrons. The van der Waals surface area contributed by atoms with Crippen LogP contribution >= 0.6 is 11.6 Å². The van der Waals surface area contributed by atoms with Gasteiger partial charge in [-0.3, -0.25) is 4.79 Å². The van der Waals surface area contributed by atoms with Crippen molar-refractivity contribution in [2.45, 2.75) is 44.1 Å². The Morgan fingerprint density at radius 1 is 1.33 bits per heavy atom. The molecule has 2 aromatic rings. The molecule has 0 radical (unpaired) electrons. The van der Waals surface area contributed by atoms with Crippen LogP contribution in [0.4, 0.5) is 18.9 Å². The van der Waals surface area contributed by atoms with Crippen molar-refractivity contribution in [2.24, 2.45) is 0 Å². The van der Waals surface area contributed by atoms with Crippen molar-refractivity contribution < 1.29 is 18.3 Å². The molecule has 0 saturated carbocycles. The van der Waals surface area contributed by atoms with E-state index >= 15 is 0 Å². The largest absolute Gasteiger partial charge is 0.416 e. The van der Waals surface area contributed by atoms with Crippen molar-refractivity contribution in [3.05, 3.63) is 39.6 Å². The van der Waals surface area contributed by atoms with E-state index in [1.54, 1.807) is 23.1 Å². The molecule has 1 saturated heterocycles. The van der Waals surface area contributed by atoms with E-state index in [9.17, 15) is 23.1 Å². The summed E-state index contributed by atoms with van der Waals surface area (Å²) in [6.07, 6.45) is -6.29. The zero-order chi connectivity index (χ0) is 17.6. The molecule has 24 heavy (non-hydrogen) atoms. The van der Waals surface area contributed by atoms with E-state index in [0.717, 1.165) is 0 Å². The van der Waals surface area contributed by atoms with Gasteiger partial charge in [0.25, 0.3) is 0 Å². The molecule has 0 amide bonds. The van der Waals surface area contributed by atoms with Gasteiger partial charge in [-0.15, -0.1) is 0 Å². The Labute approximate surface area is 140 Å². The van der Waals surface area contributed by atoms with Crippen LogP contribution in [0.5, 0.6) is 0 Å². The average molecular weight is 361 g/mol. The number of aromatic amines is 1. The van der Waals surface area contributed by atoms with Crippen LogP contribution in [0.2, 0.25) is 5.02 Å². The van der Waals surface area contributed by atoms with Crippen molar-refractivity contribution in [3.63, 3.8) is 0 Å². The first-order valence-corrected chi connectivity index (χ1v) is 7.92. The smallest absolute Gasteiger partial charge is 0.382 e. The summed E-state index contributed by atoms with van der Waals surface area (Å²) >= 11 is 6.08. The van der Waals surface area contributed by atoms with Crippen LogP contribution in [0.1, 0.15) is 19.8 Å². The predicted molar refractivity (Wildman–Crippen MR) is 86.6 cm³/mol. The number of hydrogen-bond acceptors (Lipinski definition) is 3. The number of anilines is 1. The summed E-state index contributed by atoms with van der Waals surface area (Å²) in [6.45, 7) is 1.82. The number of aliphatic hydroxyl groups is 1. The summed E-state index contributed by atoms with van der Waals surface area (Å²) in [6, 6.07) is 4.92. The lowest BCUT2D eigenvalue weighted by molar-refractivity contribution is -0.209. The second kappa shape index (κ2) is 5.97. The molecule has 8 heteroatoms. The molecule has 1 aromatic carbocycles. The molecule has 1 aliphatic heterocycles. The summed E-state index contributed by atoms with van der Waals surface area (Å²) in [7, 11) is 0. The summed E-state index contributed by atoms with van der Waals surface area (Å²) in [4.78, 5) is 15.7. The molecule has 0 aliphatic carbocycles. The maximum Gasteiger partial charge on any atom is 0.416 e. The minimum absolute atomic E-state index is 0.147. The molecule has 2 heterocycles. The van der Waals surface area contributed by atoms with Crippen LogP contribution in [0.25, 0.3) is 10.9 Å². The third kappa shape index (κ3) is 2.98. The quantitative estimate of drug-likeness (QED) is 0.862. The van der Waals surface area contributed by atoms with E-state index in [2.05, 4.69) is 4.98 Å². The SMILES string of the molecule is C[C@@H]1CC[C@H]([C@H](O)C(F)(F)F)N1c1ccc2[nH]c(=O)cc(Cl)c2c1. The lowest BCUT2D eigenvalue weighted by Crippen LogP contribution is -2.48. The van der Waals surface area contributed by atoms with E-state index in [4.69, 9.17) is 11.6 Å². The van der Waals surface area contributed by atoms with Gasteiger partial charge in [0, 0.05) is 28.7 Å². The molecule has 2 N–H and O–H groups in total. The Balaban J connectivity index is 2.05. The first kappa shape index (κ1) is 17.1. The van der Waals surface area contributed by atoms with Crippen LogP contribution < -0.4 is 10.5 Å². The zero-order valence-electron chi connectivity index (χ0n) is 12.8. The van der Waals surface area contributed by atoms with E-state index in [-0.39, 0.29) is 23.0 Å². The summed E-state index contributed by atoms with van der Waals surface area (Å²) in [5, 5.41) is 10.5. The van der Waals surface area contributed by atoms with Crippen molar-refractivity contribution in [1.29, 1.82) is 0 Å². The molecular weight excluding hydrogens is 345 g/mol. The fourth-order valence-corrected chi connectivity index (χ4v) is 3.61. The number of nitrogens with one attached hydrogen (secondary N) is 1. The molecule has 1 aromatic heterocycles. The summed E-state index contributed by atoms with van der Waals surface area (Å²) in [5.41, 5.74) is 0.700. The van der Waals surface area contributed by atoms with Gasteiger partial charge in [0.05, 0.1) is 11.1 Å². The second-order valence-corrected chi connectivity index (χ2v) is 6.51. The highest BCUT2D eigenvalue weighted by molar-refractivity contribution is 6.35. The lowest BCUT2D eigenvalue weighted by Gasteiger charge is -2.34. The Morgan fingerprint density at radius 2 is 2.04 bits per heavy atom. The van der Waals surface area contributed by atoms with Gasteiger partial charge in [-0.25, -0.2) is 0 Å². The topological polar surface area (TPSA) is 56.3 Å². The van der Waals surface area contributed by atoms with Gasteiger partial charge in [0.15, 0.2) is 6.10 Å². The number of H-pyrrole nitrogens is 1. The van der Waals surface area contributed by atoms with Gasteiger partial charge in [-0.2, -0.15) is 13.2 Å². The maximum atomic E-state index is 12.9. The van der Waals surface area contributed by atoms with E-state index in [0.29, 0.717) is 23.0 Å². The van der Waals surface area contributed by atoms with Gasteiger partial charge in [0.2, 0.25) is 5.56 Å². The van der Waals surface area contributed by atoms with Crippen molar-refractivity contribution in [2.75, 3.05) is 4.90 Å². The van der Waals surface area contributed by atoms with Gasteiger partial charge < -0.3 is 15.0 Å². The van der Waals surface area contributed by atoms with Crippen LogP contribution in [-0.4, -0.2) is 34.5 Å². The molecule has 1 aliphatic rings. The maximum absolute atomic E-state index is 12.9. The number of hydrogen-bond donors (Lipinski definition) is 2. The van der Waals surface area contributed by atoms with Gasteiger partial charge >= 0.3 is 6.18 Å². The summed E-state index contributed by atoms with van der Waals surface area (Å²) in [5.74, 6) is 0. The normalized spacial score (nSPS) is 23.0. The lowest BCUT2D eigenvalue weighted by atomic mass is 10.1. The number of alkyl halides is 3. The van der Waals surface area contributed by atoms with E-state index in [1.807, 2.05) is 6.92 Å². The van der Waals surface area contributed by atoms with Crippen LogP contribution in [0, 0.1) is 0 Å². The molecule has 3 rings (SSSR count). The highest BCUT2D eigenvalue weighted by Crippen LogP contribution is 2.38. The van der Waals surface area contributed by atoms with Gasteiger partial charge in [-0.1, -0.05) is 11.6 Å². The van der Waals surface area contributed by atoms with Crippen molar-refractivity contribution in [1.82, 2.24) is 4.98 Å². The molecular formula is C16H16ClF3N2O2. The Kier molecular flexibility index (Phi) is 4.25. The third-order valence-electron chi connectivity index (χ3n) is 4.49. The van der Waals surface area contributed by atoms with Gasteiger partial charge in [-0.05, 0) is 38.0 Å². The van der Waals surface area contributed by atoms with E-state index in [1.165, 1.54) is 6.07 Å². The fraction of sp³-hybridized carbons (Fsp3) is 0.438. The number of benzene rings is 1. The third-order valence-corrected chi connectivity index (χ3v) is 4.80. The minimum atomic E-state index is -4.67. The molecule has 0 bridgehead atoms. The zero-order valence-corrected chi connectivity index (χ0v) is 13.5. The molecule has 0 unspecified atom stereocenters. The number of nitrogens with zero attached hydrogens (tertiary/aromatic N) is 1. The number of pyridine rings is 1. The van der Waals surface area contributed by atoms with Crippen LogP contribution in [0.15, 0.2) is 29.1 Å². The van der Waals surface area contributed by atoms with Crippen LogP contribution in [-0.2, 0) is 0 Å². The van der Waals surface area contributed by atoms with E-state index < -0.39 is 18.3 Å². The molecule has 0 spiro atoms. The number of rotatable bonds is 2. The first-order chi connectivity index (χ1) is 11.2.